The fraction of sp³-hybridized carbons (Fsp3) is 0.500. The van der Waals surface area contributed by atoms with Crippen molar-refractivity contribution < 1.29 is 4.79 Å². The highest BCUT2D eigenvalue weighted by Gasteiger charge is 2.31. The highest BCUT2D eigenvalue weighted by molar-refractivity contribution is 6.32. The monoisotopic (exact) mass is 216 g/mol. The van der Waals surface area contributed by atoms with E-state index in [2.05, 4.69) is 18.0 Å². The largest absolute Gasteiger partial charge is 0.294 e. The first-order chi connectivity index (χ1) is 7.50. The number of pyridine rings is 1. The quantitative estimate of drug-likeness (QED) is 0.643. The van der Waals surface area contributed by atoms with Crippen LogP contribution in [0, 0.1) is 0 Å². The van der Waals surface area contributed by atoms with Gasteiger partial charge < -0.3 is 0 Å². The Morgan fingerprint density at radius 2 is 2.25 bits per heavy atom. The van der Waals surface area contributed by atoms with Gasteiger partial charge in [0.15, 0.2) is 0 Å². The second-order valence-electron chi connectivity index (χ2n) is 4.89. The van der Waals surface area contributed by atoms with Crippen LogP contribution in [0.3, 0.4) is 0 Å². The summed E-state index contributed by atoms with van der Waals surface area (Å²) in [5.74, 6) is 1.32. The highest BCUT2D eigenvalue weighted by Crippen LogP contribution is 2.34. The van der Waals surface area contributed by atoms with Crippen LogP contribution >= 0.6 is 0 Å². The molecule has 16 heavy (non-hydrogen) atoms. The van der Waals surface area contributed by atoms with Crippen molar-refractivity contribution in [3.8, 4) is 0 Å². The summed E-state index contributed by atoms with van der Waals surface area (Å²) >= 11 is 0. The molecule has 2 heterocycles. The molecule has 1 aliphatic rings. The van der Waals surface area contributed by atoms with Crippen molar-refractivity contribution >= 4 is 25.0 Å². The molecule has 4 heteroatoms. The first-order valence-corrected chi connectivity index (χ1v) is 5.79. The van der Waals surface area contributed by atoms with E-state index < -0.39 is 0 Å². The van der Waals surface area contributed by atoms with Crippen molar-refractivity contribution in [3.63, 3.8) is 0 Å². The zero-order valence-electron chi connectivity index (χ0n) is 10.3. The number of nitrogens with zero attached hydrogens (tertiary/aromatic N) is 2. The highest BCUT2D eigenvalue weighted by atomic mass is 16.2. The third-order valence-electron chi connectivity index (χ3n) is 3.06. The maximum Gasteiger partial charge on any atom is 0.228 e. The third-order valence-corrected chi connectivity index (χ3v) is 3.06. The van der Waals surface area contributed by atoms with Gasteiger partial charge in [-0.05, 0) is 25.3 Å². The van der Waals surface area contributed by atoms with E-state index in [0.29, 0.717) is 6.42 Å². The first kappa shape index (κ1) is 11.2. The molecule has 0 saturated carbocycles. The number of hydrogen-bond acceptors (Lipinski definition) is 2. The molecule has 1 unspecified atom stereocenters. The molecule has 0 spiro atoms. The van der Waals surface area contributed by atoms with Gasteiger partial charge in [0.05, 0.1) is 0 Å². The Bertz CT molecular complexity index is 431. The second-order valence-corrected chi connectivity index (χ2v) is 4.89. The zero-order chi connectivity index (χ0) is 11.9. The number of rotatable bonds is 1. The van der Waals surface area contributed by atoms with Crippen LogP contribution in [0.15, 0.2) is 12.3 Å². The van der Waals surface area contributed by atoms with Crippen molar-refractivity contribution in [1.82, 2.24) is 4.98 Å². The van der Waals surface area contributed by atoms with Gasteiger partial charge in [-0.15, -0.1) is 0 Å². The van der Waals surface area contributed by atoms with E-state index in [1.165, 1.54) is 5.56 Å². The second kappa shape index (κ2) is 3.93. The summed E-state index contributed by atoms with van der Waals surface area (Å²) in [5, 5.41) is 0. The molecule has 0 aromatic carbocycles. The van der Waals surface area contributed by atoms with Crippen molar-refractivity contribution in [2.45, 2.75) is 39.2 Å². The number of fused-ring (bicyclic) bond motifs is 1. The first-order valence-electron chi connectivity index (χ1n) is 5.79. The molecule has 0 N–H and O–H groups in total. The van der Waals surface area contributed by atoms with E-state index in [9.17, 15) is 4.79 Å². The average Bonchev–Trinajstić information content (AvgIpc) is 2.18. The molecule has 1 atom stereocenters. The van der Waals surface area contributed by atoms with Crippen LogP contribution in [0.2, 0.25) is 0 Å². The number of aromatic nitrogens is 1. The maximum atomic E-state index is 12.0. The van der Waals surface area contributed by atoms with Crippen molar-refractivity contribution in [1.29, 1.82) is 0 Å². The normalized spacial score (nSPS) is 20.1. The minimum Gasteiger partial charge on any atom is -0.294 e. The summed E-state index contributed by atoms with van der Waals surface area (Å²) in [6.45, 7) is 6.15. The summed E-state index contributed by atoms with van der Waals surface area (Å²) in [6, 6.07) is 2.32. The molecule has 1 aromatic rings. The smallest absolute Gasteiger partial charge is 0.228 e. The van der Waals surface area contributed by atoms with Gasteiger partial charge in [0.1, 0.15) is 13.7 Å². The summed E-state index contributed by atoms with van der Waals surface area (Å²) in [4.78, 5) is 18.2. The lowest BCUT2D eigenvalue weighted by Gasteiger charge is -2.34. The molecular formula is C12H17BN2O. The number of anilines is 1. The van der Waals surface area contributed by atoms with Gasteiger partial charge in [-0.2, -0.15) is 0 Å². The third kappa shape index (κ3) is 1.73. The zero-order valence-corrected chi connectivity index (χ0v) is 10.3. The lowest BCUT2D eigenvalue weighted by molar-refractivity contribution is -0.119. The van der Waals surface area contributed by atoms with Crippen LogP contribution in [0.1, 0.15) is 38.7 Å². The number of amides is 1. The molecule has 0 bridgehead atoms. The van der Waals surface area contributed by atoms with Gasteiger partial charge in [0.25, 0.3) is 0 Å². The molecule has 0 aliphatic carbocycles. The van der Waals surface area contributed by atoms with E-state index in [-0.39, 0.29) is 17.9 Å². The Hall–Kier alpha value is -1.32. The molecule has 3 nitrogen and oxygen atoms in total. The Labute approximate surface area is 97.3 Å². The standard InChI is InChI=1S/C12H17BN2O/c1-7(2)15-11(16)4-8(3)10-5-9(13)6-14-12(10)15/h5-8H,4,13H2,1-3H3. The molecule has 0 saturated heterocycles. The number of carbonyl (C=O) groups is 1. The summed E-state index contributed by atoms with van der Waals surface area (Å²) in [7, 11) is 2.04. The predicted molar refractivity (Wildman–Crippen MR) is 68.1 cm³/mol. The molecule has 0 fully saturated rings. The average molecular weight is 216 g/mol. The molecule has 1 aliphatic heterocycles. The number of hydrogen-bond donors (Lipinski definition) is 0. The van der Waals surface area contributed by atoms with Crippen LogP contribution < -0.4 is 10.4 Å². The Morgan fingerprint density at radius 3 is 2.88 bits per heavy atom. The van der Waals surface area contributed by atoms with Gasteiger partial charge in [0, 0.05) is 18.7 Å². The van der Waals surface area contributed by atoms with E-state index >= 15 is 0 Å². The maximum absolute atomic E-state index is 12.0. The molecule has 84 valence electrons. The topological polar surface area (TPSA) is 33.2 Å². The van der Waals surface area contributed by atoms with Gasteiger partial charge in [-0.1, -0.05) is 18.5 Å². The summed E-state index contributed by atoms with van der Waals surface area (Å²) < 4.78 is 0. The Balaban J connectivity index is 2.54. The van der Waals surface area contributed by atoms with Crippen molar-refractivity contribution in [2.24, 2.45) is 0 Å². The summed E-state index contributed by atoms with van der Waals surface area (Å²) in [5.41, 5.74) is 2.36. The van der Waals surface area contributed by atoms with E-state index in [0.717, 1.165) is 11.3 Å². The minimum absolute atomic E-state index is 0.175. The van der Waals surface area contributed by atoms with Crippen LogP contribution in [0.4, 0.5) is 5.82 Å². The molecular weight excluding hydrogens is 199 g/mol. The molecule has 1 amide bonds. The van der Waals surface area contributed by atoms with Gasteiger partial charge >= 0.3 is 0 Å². The molecule has 1 aromatic heterocycles. The minimum atomic E-state index is 0.175. The Morgan fingerprint density at radius 1 is 1.56 bits per heavy atom. The summed E-state index contributed by atoms with van der Waals surface area (Å²) in [6.07, 6.45) is 2.43. The lowest BCUT2D eigenvalue weighted by Crippen LogP contribution is -2.42. The number of carbonyl (C=O) groups excluding carboxylic acids is 1. The van der Waals surface area contributed by atoms with E-state index in [1.54, 1.807) is 0 Å². The van der Waals surface area contributed by atoms with E-state index in [1.807, 2.05) is 32.8 Å². The lowest BCUT2D eigenvalue weighted by atomic mass is 9.88. The van der Waals surface area contributed by atoms with Crippen LogP contribution in [0.25, 0.3) is 0 Å². The predicted octanol–water partition coefficient (Wildman–Crippen LogP) is 0.589. The fourth-order valence-corrected chi connectivity index (χ4v) is 2.27. The Kier molecular flexibility index (Phi) is 2.74. The fourth-order valence-electron chi connectivity index (χ4n) is 2.27. The molecule has 0 radical (unpaired) electrons. The van der Waals surface area contributed by atoms with Crippen molar-refractivity contribution in [3.05, 3.63) is 17.8 Å². The van der Waals surface area contributed by atoms with Gasteiger partial charge in [0.2, 0.25) is 5.91 Å². The van der Waals surface area contributed by atoms with Crippen LogP contribution in [0.5, 0.6) is 0 Å². The SMILES string of the molecule is Bc1cnc2c(c1)C(C)CC(=O)N2C(C)C. The van der Waals surface area contributed by atoms with Gasteiger partial charge in [-0.25, -0.2) is 4.98 Å². The van der Waals surface area contributed by atoms with Gasteiger partial charge in [-0.3, -0.25) is 9.69 Å². The molecule has 2 rings (SSSR count). The van der Waals surface area contributed by atoms with Crippen molar-refractivity contribution in [2.75, 3.05) is 4.90 Å². The van der Waals surface area contributed by atoms with E-state index in [4.69, 9.17) is 0 Å². The van der Waals surface area contributed by atoms with Crippen LogP contribution in [-0.2, 0) is 4.79 Å². The van der Waals surface area contributed by atoms with Crippen LogP contribution in [-0.4, -0.2) is 24.8 Å².